The van der Waals surface area contributed by atoms with Crippen LogP contribution in [0.25, 0.3) is 11.5 Å². The van der Waals surface area contributed by atoms with Crippen molar-refractivity contribution >= 4 is 17.1 Å². The van der Waals surface area contributed by atoms with Crippen LogP contribution in [0.1, 0.15) is 59.2 Å². The average molecular weight is 505 g/mol. The summed E-state index contributed by atoms with van der Waals surface area (Å²) < 4.78 is 45.2. The molecule has 0 radical (unpaired) electrons. The molecule has 1 fully saturated rings. The molecule has 1 N–H and O–H groups in total. The summed E-state index contributed by atoms with van der Waals surface area (Å²) in [6.45, 7) is 11.6. The molecule has 3 aromatic carbocycles. The van der Waals surface area contributed by atoms with E-state index in [1.807, 2.05) is 30.3 Å². The number of alkyl halides is 3. The van der Waals surface area contributed by atoms with E-state index in [4.69, 9.17) is 4.74 Å². The number of rotatable bonds is 8. The van der Waals surface area contributed by atoms with Crippen molar-refractivity contribution in [2.24, 2.45) is 0 Å². The van der Waals surface area contributed by atoms with Crippen LogP contribution in [0.2, 0.25) is 0 Å². The lowest BCUT2D eigenvalue weighted by Gasteiger charge is -2.25. The van der Waals surface area contributed by atoms with Crippen LogP contribution < -0.4 is 10.2 Å². The summed E-state index contributed by atoms with van der Waals surface area (Å²) in [5.74, 6) is 0.617. The smallest absolute Gasteiger partial charge is 0.416 e. The Morgan fingerprint density at radius 3 is 2.41 bits per heavy atom. The molecule has 1 saturated carbocycles. The third kappa shape index (κ3) is 4.85. The van der Waals surface area contributed by atoms with E-state index in [0.29, 0.717) is 17.9 Å². The van der Waals surface area contributed by atoms with E-state index in [1.165, 1.54) is 17.7 Å². The van der Waals surface area contributed by atoms with Crippen molar-refractivity contribution in [3.63, 3.8) is 0 Å². The average Bonchev–Trinajstić information content (AvgIpc) is 3.60. The maximum Gasteiger partial charge on any atom is 0.416 e. The van der Waals surface area contributed by atoms with Gasteiger partial charge in [-0.25, -0.2) is 0 Å². The van der Waals surface area contributed by atoms with Crippen molar-refractivity contribution in [2.45, 2.75) is 43.9 Å². The molecule has 3 nitrogen and oxygen atoms in total. The number of halogens is 3. The number of benzene rings is 3. The summed E-state index contributed by atoms with van der Waals surface area (Å²) in [6.07, 6.45) is -2.17. The van der Waals surface area contributed by atoms with Crippen LogP contribution in [0.5, 0.6) is 0 Å². The molecule has 5 rings (SSSR count). The van der Waals surface area contributed by atoms with Crippen LogP contribution in [0, 0.1) is 0 Å². The van der Waals surface area contributed by atoms with Crippen molar-refractivity contribution in [3.8, 4) is 0 Å². The molecule has 37 heavy (non-hydrogen) atoms. The summed E-state index contributed by atoms with van der Waals surface area (Å²) >= 11 is 0. The Kier molecular flexibility index (Phi) is 6.30. The van der Waals surface area contributed by atoms with Gasteiger partial charge in [-0.1, -0.05) is 67.8 Å². The molecule has 6 heteroatoms. The zero-order valence-corrected chi connectivity index (χ0v) is 21.2. The molecule has 1 heterocycles. The Bertz CT molecular complexity index is 1340. The first kappa shape index (κ1) is 25.0. The van der Waals surface area contributed by atoms with E-state index >= 15 is 0 Å². The van der Waals surface area contributed by atoms with Gasteiger partial charge in [0.1, 0.15) is 5.76 Å². The van der Waals surface area contributed by atoms with Crippen molar-refractivity contribution in [3.05, 3.63) is 113 Å². The van der Waals surface area contributed by atoms with Gasteiger partial charge in [0, 0.05) is 41.4 Å². The van der Waals surface area contributed by atoms with Crippen LogP contribution in [0.15, 0.2) is 79.9 Å². The van der Waals surface area contributed by atoms with Gasteiger partial charge in [0.15, 0.2) is 0 Å². The SMILES string of the molecule is C=C(OC)c1ccc(C(C)NC(=C)c2cccc3c2N(Cc2cccc(C(F)(F)F)c2)CC32CC2)cc1. The number of hydrogen-bond acceptors (Lipinski definition) is 3. The lowest BCUT2D eigenvalue weighted by Crippen LogP contribution is -2.25. The van der Waals surface area contributed by atoms with Crippen molar-refractivity contribution in [2.75, 3.05) is 18.6 Å². The predicted molar refractivity (Wildman–Crippen MR) is 143 cm³/mol. The van der Waals surface area contributed by atoms with Gasteiger partial charge in [-0.05, 0) is 48.6 Å². The normalized spacial score (nSPS) is 16.3. The molecule has 1 aliphatic carbocycles. The third-order valence-corrected chi connectivity index (χ3v) is 7.59. The fourth-order valence-electron chi connectivity index (χ4n) is 5.36. The van der Waals surface area contributed by atoms with Gasteiger partial charge < -0.3 is 15.0 Å². The first-order valence-electron chi connectivity index (χ1n) is 12.4. The maximum absolute atomic E-state index is 13.3. The van der Waals surface area contributed by atoms with Gasteiger partial charge >= 0.3 is 6.18 Å². The number of methoxy groups -OCH3 is 1. The Morgan fingerprint density at radius 2 is 1.76 bits per heavy atom. The quantitative estimate of drug-likeness (QED) is 0.318. The summed E-state index contributed by atoms with van der Waals surface area (Å²) in [7, 11) is 1.60. The van der Waals surface area contributed by atoms with Gasteiger partial charge in [-0.15, -0.1) is 0 Å². The number of nitrogens with zero attached hydrogens (tertiary/aromatic N) is 1. The Balaban J connectivity index is 1.40. The Labute approximate surface area is 216 Å². The molecule has 0 saturated heterocycles. The third-order valence-electron chi connectivity index (χ3n) is 7.59. The predicted octanol–water partition coefficient (Wildman–Crippen LogP) is 7.70. The second kappa shape index (κ2) is 9.33. The van der Waals surface area contributed by atoms with E-state index in [1.54, 1.807) is 13.2 Å². The summed E-state index contributed by atoms with van der Waals surface area (Å²) in [5.41, 5.74) is 6.30. The minimum Gasteiger partial charge on any atom is -0.497 e. The molecule has 1 spiro atoms. The first-order valence-corrected chi connectivity index (χ1v) is 12.4. The maximum atomic E-state index is 13.3. The fourth-order valence-corrected chi connectivity index (χ4v) is 5.36. The second-order valence-corrected chi connectivity index (χ2v) is 10.1. The molecular formula is C31H31F3N2O. The van der Waals surface area contributed by atoms with Gasteiger partial charge in [0.05, 0.1) is 18.4 Å². The number of hydrogen-bond donors (Lipinski definition) is 1. The zero-order chi connectivity index (χ0) is 26.4. The topological polar surface area (TPSA) is 24.5 Å². The fraction of sp³-hybridized carbons (Fsp3) is 0.290. The zero-order valence-electron chi connectivity index (χ0n) is 21.2. The first-order chi connectivity index (χ1) is 17.6. The van der Waals surface area contributed by atoms with Crippen LogP contribution in [-0.2, 0) is 22.9 Å². The number of nitrogens with one attached hydrogen (secondary N) is 1. The van der Waals surface area contributed by atoms with E-state index in [0.717, 1.165) is 53.5 Å². The van der Waals surface area contributed by atoms with Crippen LogP contribution in [0.3, 0.4) is 0 Å². The lowest BCUT2D eigenvalue weighted by atomic mass is 9.95. The number of ether oxygens (including phenoxy) is 1. The highest BCUT2D eigenvalue weighted by molar-refractivity contribution is 5.81. The highest BCUT2D eigenvalue weighted by Gasteiger charge is 2.52. The van der Waals surface area contributed by atoms with E-state index in [9.17, 15) is 13.2 Å². The van der Waals surface area contributed by atoms with E-state index in [-0.39, 0.29) is 11.5 Å². The summed E-state index contributed by atoms with van der Waals surface area (Å²) in [6, 6.07) is 20.0. The molecule has 1 unspecified atom stereocenters. The summed E-state index contributed by atoms with van der Waals surface area (Å²) in [5, 5.41) is 3.54. The molecule has 0 aromatic heterocycles. The summed E-state index contributed by atoms with van der Waals surface area (Å²) in [4.78, 5) is 2.23. The minimum atomic E-state index is -4.36. The molecular weight excluding hydrogens is 473 g/mol. The van der Waals surface area contributed by atoms with Crippen molar-refractivity contribution in [1.29, 1.82) is 0 Å². The number of fused-ring (bicyclic) bond motifs is 2. The molecule has 3 aromatic rings. The Morgan fingerprint density at radius 1 is 1.05 bits per heavy atom. The van der Waals surface area contributed by atoms with Crippen LogP contribution in [0.4, 0.5) is 18.9 Å². The van der Waals surface area contributed by atoms with Crippen LogP contribution in [-0.4, -0.2) is 13.7 Å². The minimum absolute atomic E-state index is 0.00132. The highest BCUT2D eigenvalue weighted by Crippen LogP contribution is 2.58. The second-order valence-electron chi connectivity index (χ2n) is 10.1. The van der Waals surface area contributed by atoms with Crippen molar-refractivity contribution < 1.29 is 17.9 Å². The van der Waals surface area contributed by atoms with Gasteiger partial charge in [0.25, 0.3) is 0 Å². The van der Waals surface area contributed by atoms with Crippen LogP contribution >= 0.6 is 0 Å². The molecule has 1 aliphatic heterocycles. The molecule has 192 valence electrons. The largest absolute Gasteiger partial charge is 0.497 e. The van der Waals surface area contributed by atoms with Gasteiger partial charge in [0.2, 0.25) is 0 Å². The van der Waals surface area contributed by atoms with E-state index < -0.39 is 11.7 Å². The monoisotopic (exact) mass is 504 g/mol. The molecule has 0 amide bonds. The molecule has 0 bridgehead atoms. The van der Waals surface area contributed by atoms with Gasteiger partial charge in [-0.3, -0.25) is 0 Å². The van der Waals surface area contributed by atoms with E-state index in [2.05, 4.69) is 42.4 Å². The van der Waals surface area contributed by atoms with Gasteiger partial charge in [-0.2, -0.15) is 13.2 Å². The van der Waals surface area contributed by atoms with Crippen molar-refractivity contribution in [1.82, 2.24) is 5.32 Å². The Hall–Kier alpha value is -3.67. The number of para-hydroxylation sites is 1. The molecule has 1 atom stereocenters. The molecule has 2 aliphatic rings. The lowest BCUT2D eigenvalue weighted by molar-refractivity contribution is -0.137. The number of anilines is 1. The standard InChI is InChI=1S/C31H31F3N2O/c1-20(24-11-13-25(14-12-24)22(3)37-4)35-21(2)27-9-6-10-28-29(27)36(19-30(28)15-16-30)18-23-7-5-8-26(17-23)31(32,33)34/h5-14,17,20,35H,2-3,15-16,18-19H2,1,4H3. The highest BCUT2D eigenvalue weighted by atomic mass is 19.4.